The molecule has 0 saturated heterocycles. The van der Waals surface area contributed by atoms with Crippen molar-refractivity contribution in [2.75, 3.05) is 16.8 Å². The minimum absolute atomic E-state index is 0.183. The Bertz CT molecular complexity index is 1080. The van der Waals surface area contributed by atoms with Crippen LogP contribution in [0.15, 0.2) is 72.8 Å². The Morgan fingerprint density at radius 1 is 0.935 bits per heavy atom. The van der Waals surface area contributed by atoms with Crippen LogP contribution in [0.2, 0.25) is 0 Å². The maximum Gasteiger partial charge on any atom is 0.326 e. The first-order chi connectivity index (χ1) is 15.1. The van der Waals surface area contributed by atoms with Gasteiger partial charge in [0, 0.05) is 30.0 Å². The SMILES string of the molecule is O=C(NCc1cccc(F)c1)c1ccc(NC(=O)N2CCCCc3ccccc32)cc1. The Labute approximate surface area is 180 Å². The van der Waals surface area contributed by atoms with Gasteiger partial charge in [0.25, 0.3) is 5.91 Å². The van der Waals surface area contributed by atoms with Crippen LogP contribution in [0.4, 0.5) is 20.6 Å². The molecule has 1 aliphatic rings. The molecule has 0 saturated carbocycles. The van der Waals surface area contributed by atoms with Gasteiger partial charge in [-0.15, -0.1) is 0 Å². The van der Waals surface area contributed by atoms with Gasteiger partial charge in [0.1, 0.15) is 5.82 Å². The second kappa shape index (κ2) is 9.43. The number of para-hydroxylation sites is 1. The second-order valence-electron chi connectivity index (χ2n) is 7.56. The number of nitrogens with zero attached hydrogens (tertiary/aromatic N) is 1. The van der Waals surface area contributed by atoms with E-state index in [4.69, 9.17) is 0 Å². The van der Waals surface area contributed by atoms with E-state index in [1.807, 2.05) is 18.2 Å². The van der Waals surface area contributed by atoms with Crippen molar-refractivity contribution in [3.63, 3.8) is 0 Å². The van der Waals surface area contributed by atoms with Crippen molar-refractivity contribution >= 4 is 23.3 Å². The molecule has 0 radical (unpaired) electrons. The summed E-state index contributed by atoms with van der Waals surface area (Å²) < 4.78 is 13.3. The maximum absolute atomic E-state index is 13.3. The number of aryl methyl sites for hydroxylation is 1. The van der Waals surface area contributed by atoms with Crippen LogP contribution in [0.3, 0.4) is 0 Å². The van der Waals surface area contributed by atoms with Crippen molar-refractivity contribution in [3.05, 3.63) is 95.3 Å². The lowest BCUT2D eigenvalue weighted by molar-refractivity contribution is 0.0951. The lowest BCUT2D eigenvalue weighted by atomic mass is 10.1. The molecule has 3 amide bonds. The third-order valence-corrected chi connectivity index (χ3v) is 5.35. The quantitative estimate of drug-likeness (QED) is 0.618. The molecule has 158 valence electrons. The average Bonchev–Trinajstić information content (AvgIpc) is 3.01. The highest BCUT2D eigenvalue weighted by Gasteiger charge is 2.21. The minimum atomic E-state index is -0.334. The number of carbonyl (C=O) groups excluding carboxylic acids is 2. The van der Waals surface area contributed by atoms with E-state index in [0.29, 0.717) is 23.4 Å². The van der Waals surface area contributed by atoms with Crippen LogP contribution in [-0.2, 0) is 13.0 Å². The van der Waals surface area contributed by atoms with Gasteiger partial charge in [-0.1, -0.05) is 30.3 Å². The van der Waals surface area contributed by atoms with Crippen LogP contribution < -0.4 is 15.5 Å². The molecule has 2 N–H and O–H groups in total. The smallest absolute Gasteiger partial charge is 0.326 e. The van der Waals surface area contributed by atoms with Crippen molar-refractivity contribution in [3.8, 4) is 0 Å². The molecule has 0 bridgehead atoms. The highest BCUT2D eigenvalue weighted by Crippen LogP contribution is 2.26. The normalized spacial score (nSPS) is 13.1. The maximum atomic E-state index is 13.3. The van der Waals surface area contributed by atoms with Gasteiger partial charge in [-0.05, 0) is 72.9 Å². The van der Waals surface area contributed by atoms with Gasteiger partial charge in [0.2, 0.25) is 0 Å². The molecule has 3 aromatic rings. The topological polar surface area (TPSA) is 61.4 Å². The number of hydrogen-bond acceptors (Lipinski definition) is 2. The molecule has 0 aromatic heterocycles. The molecule has 5 nitrogen and oxygen atoms in total. The van der Waals surface area contributed by atoms with E-state index < -0.39 is 0 Å². The summed E-state index contributed by atoms with van der Waals surface area (Å²) in [6.07, 6.45) is 2.98. The summed E-state index contributed by atoms with van der Waals surface area (Å²) in [4.78, 5) is 27.0. The third kappa shape index (κ3) is 5.09. The van der Waals surface area contributed by atoms with E-state index in [2.05, 4.69) is 16.7 Å². The Kier molecular flexibility index (Phi) is 6.26. The number of nitrogens with one attached hydrogen (secondary N) is 2. The van der Waals surface area contributed by atoms with E-state index in [1.165, 1.54) is 17.7 Å². The van der Waals surface area contributed by atoms with E-state index in [0.717, 1.165) is 24.9 Å². The number of carbonyl (C=O) groups is 2. The summed E-state index contributed by atoms with van der Waals surface area (Å²) >= 11 is 0. The molecule has 31 heavy (non-hydrogen) atoms. The highest BCUT2D eigenvalue weighted by molar-refractivity contribution is 6.02. The van der Waals surface area contributed by atoms with Crippen molar-refractivity contribution in [2.24, 2.45) is 0 Å². The number of anilines is 2. The van der Waals surface area contributed by atoms with Crippen LogP contribution in [0.25, 0.3) is 0 Å². The van der Waals surface area contributed by atoms with Gasteiger partial charge in [-0.25, -0.2) is 9.18 Å². The first-order valence-corrected chi connectivity index (χ1v) is 10.4. The number of fused-ring (bicyclic) bond motifs is 1. The van der Waals surface area contributed by atoms with Gasteiger partial charge in [0.15, 0.2) is 0 Å². The molecule has 6 heteroatoms. The lowest BCUT2D eigenvalue weighted by Gasteiger charge is -2.23. The van der Waals surface area contributed by atoms with Crippen molar-refractivity contribution in [1.29, 1.82) is 0 Å². The van der Waals surface area contributed by atoms with Crippen molar-refractivity contribution in [1.82, 2.24) is 5.32 Å². The monoisotopic (exact) mass is 417 g/mol. The number of amides is 3. The van der Waals surface area contributed by atoms with Crippen LogP contribution in [-0.4, -0.2) is 18.5 Å². The average molecular weight is 417 g/mol. The van der Waals surface area contributed by atoms with Crippen molar-refractivity contribution < 1.29 is 14.0 Å². The summed E-state index contributed by atoms with van der Waals surface area (Å²) in [6, 6.07) is 20.7. The van der Waals surface area contributed by atoms with Crippen molar-refractivity contribution in [2.45, 2.75) is 25.8 Å². The van der Waals surface area contributed by atoms with E-state index in [-0.39, 0.29) is 24.3 Å². The molecule has 3 aromatic carbocycles. The Morgan fingerprint density at radius 2 is 1.74 bits per heavy atom. The zero-order chi connectivity index (χ0) is 21.6. The van der Waals surface area contributed by atoms with Crippen LogP contribution in [0.1, 0.15) is 34.3 Å². The Hall–Kier alpha value is -3.67. The third-order valence-electron chi connectivity index (χ3n) is 5.35. The van der Waals surface area contributed by atoms with Crippen LogP contribution in [0, 0.1) is 5.82 Å². The molecule has 0 unspecified atom stereocenters. The summed E-state index contributed by atoms with van der Waals surface area (Å²) in [6.45, 7) is 0.910. The first-order valence-electron chi connectivity index (χ1n) is 10.4. The lowest BCUT2D eigenvalue weighted by Crippen LogP contribution is -2.35. The Morgan fingerprint density at radius 3 is 2.55 bits per heavy atom. The number of benzene rings is 3. The number of hydrogen-bond donors (Lipinski definition) is 2. The summed E-state index contributed by atoms with van der Waals surface area (Å²) in [5.74, 6) is -0.595. The van der Waals surface area contributed by atoms with Gasteiger partial charge >= 0.3 is 6.03 Å². The van der Waals surface area contributed by atoms with Gasteiger partial charge < -0.3 is 10.6 Å². The number of urea groups is 1. The minimum Gasteiger partial charge on any atom is -0.348 e. The highest BCUT2D eigenvalue weighted by atomic mass is 19.1. The molecule has 0 atom stereocenters. The number of rotatable bonds is 4. The standard InChI is InChI=1S/C25H24FN3O2/c26-21-9-5-6-18(16-21)17-27-24(30)20-11-13-22(14-12-20)28-25(31)29-15-4-3-8-19-7-1-2-10-23(19)29/h1-2,5-7,9-14,16H,3-4,8,15,17H2,(H,27,30)(H,28,31). The van der Waals surface area contributed by atoms with E-state index >= 15 is 0 Å². The van der Waals surface area contributed by atoms with Gasteiger partial charge in [0.05, 0.1) is 0 Å². The van der Waals surface area contributed by atoms with Gasteiger partial charge in [-0.3, -0.25) is 9.69 Å². The van der Waals surface area contributed by atoms with Crippen LogP contribution >= 0.6 is 0 Å². The molecule has 0 fully saturated rings. The summed E-state index contributed by atoms with van der Waals surface area (Å²) in [7, 11) is 0. The fraction of sp³-hybridized carbons (Fsp3) is 0.200. The van der Waals surface area contributed by atoms with Crippen LogP contribution in [0.5, 0.6) is 0 Å². The van der Waals surface area contributed by atoms with E-state index in [1.54, 1.807) is 41.3 Å². The molecular weight excluding hydrogens is 393 g/mol. The second-order valence-corrected chi connectivity index (χ2v) is 7.56. The predicted octanol–water partition coefficient (Wildman–Crippen LogP) is 5.13. The molecule has 4 rings (SSSR count). The number of halogens is 1. The van der Waals surface area contributed by atoms with E-state index in [9.17, 15) is 14.0 Å². The molecule has 1 aliphatic heterocycles. The summed E-state index contributed by atoms with van der Waals surface area (Å²) in [5, 5.41) is 5.70. The largest absolute Gasteiger partial charge is 0.348 e. The molecule has 1 heterocycles. The Balaban J connectivity index is 1.38. The fourth-order valence-electron chi connectivity index (χ4n) is 3.73. The first kappa shape index (κ1) is 20.6. The predicted molar refractivity (Wildman–Crippen MR) is 120 cm³/mol. The summed E-state index contributed by atoms with van der Waals surface area (Å²) in [5.41, 5.74) is 3.91. The molecular formula is C25H24FN3O2. The zero-order valence-electron chi connectivity index (χ0n) is 17.1. The molecule has 0 aliphatic carbocycles. The zero-order valence-corrected chi connectivity index (χ0v) is 17.1. The fourth-order valence-corrected chi connectivity index (χ4v) is 3.73. The van der Waals surface area contributed by atoms with Gasteiger partial charge in [-0.2, -0.15) is 0 Å². The molecule has 0 spiro atoms.